The zero-order valence-electron chi connectivity index (χ0n) is 9.89. The van der Waals surface area contributed by atoms with E-state index in [1.807, 2.05) is 0 Å². The van der Waals surface area contributed by atoms with Crippen LogP contribution in [0.2, 0.25) is 0 Å². The second kappa shape index (κ2) is 6.93. The fourth-order valence-corrected chi connectivity index (χ4v) is 3.08. The fourth-order valence-electron chi connectivity index (χ4n) is 1.93. The minimum absolute atomic E-state index is 0. The molecule has 0 spiro atoms. The molecule has 3 nitrogen and oxygen atoms in total. The number of halogens is 1. The van der Waals surface area contributed by atoms with Gasteiger partial charge in [0.2, 0.25) is 0 Å². The normalized spacial score (nSPS) is 26.1. The van der Waals surface area contributed by atoms with Crippen molar-refractivity contribution in [2.45, 2.75) is 31.7 Å². The molecule has 2 rings (SSSR count). The highest BCUT2D eigenvalue weighted by Crippen LogP contribution is 2.25. The van der Waals surface area contributed by atoms with Crippen LogP contribution in [-0.2, 0) is 0 Å². The van der Waals surface area contributed by atoms with E-state index < -0.39 is 0 Å². The van der Waals surface area contributed by atoms with Gasteiger partial charge < -0.3 is 10.6 Å². The molecular formula is C11H22IN3S. The summed E-state index contributed by atoms with van der Waals surface area (Å²) in [7, 11) is 2.06. The van der Waals surface area contributed by atoms with Crippen molar-refractivity contribution in [3.05, 3.63) is 0 Å². The summed E-state index contributed by atoms with van der Waals surface area (Å²) in [6.07, 6.45) is 5.25. The summed E-state index contributed by atoms with van der Waals surface area (Å²) >= 11 is 2.06. The molecule has 16 heavy (non-hydrogen) atoms. The Morgan fingerprint density at radius 3 is 2.75 bits per heavy atom. The van der Waals surface area contributed by atoms with Gasteiger partial charge in [0.25, 0.3) is 0 Å². The number of hydrogen-bond acceptors (Lipinski definition) is 2. The van der Waals surface area contributed by atoms with E-state index in [0.29, 0.717) is 6.04 Å². The maximum Gasteiger partial charge on any atom is 0.191 e. The summed E-state index contributed by atoms with van der Waals surface area (Å²) in [5.41, 5.74) is 5.94. The maximum atomic E-state index is 5.94. The van der Waals surface area contributed by atoms with Crippen LogP contribution in [0.25, 0.3) is 0 Å². The molecule has 2 N–H and O–H groups in total. The Kier molecular flexibility index (Phi) is 6.25. The van der Waals surface area contributed by atoms with E-state index in [1.165, 1.54) is 37.2 Å². The molecule has 1 atom stereocenters. The Morgan fingerprint density at radius 2 is 2.19 bits per heavy atom. The second-order valence-electron chi connectivity index (χ2n) is 4.62. The zero-order chi connectivity index (χ0) is 10.7. The van der Waals surface area contributed by atoms with E-state index in [9.17, 15) is 0 Å². The monoisotopic (exact) mass is 355 g/mol. The Labute approximate surface area is 120 Å². The maximum absolute atomic E-state index is 5.94. The quantitative estimate of drug-likeness (QED) is 0.479. The number of aliphatic imine (C=N–C) groups is 1. The molecule has 1 aliphatic carbocycles. The van der Waals surface area contributed by atoms with Gasteiger partial charge in [0.05, 0.1) is 0 Å². The molecule has 1 saturated heterocycles. The molecule has 0 aromatic heterocycles. The first-order chi connectivity index (χ1) is 7.27. The molecule has 0 amide bonds. The lowest BCUT2D eigenvalue weighted by molar-refractivity contribution is 0.478. The summed E-state index contributed by atoms with van der Waals surface area (Å²) in [6, 6.07) is 0.675. The molecule has 2 aliphatic rings. The van der Waals surface area contributed by atoms with E-state index in [0.717, 1.165) is 18.4 Å². The van der Waals surface area contributed by atoms with E-state index in [4.69, 9.17) is 5.73 Å². The molecule has 0 aromatic carbocycles. The molecule has 1 unspecified atom stereocenters. The van der Waals surface area contributed by atoms with Crippen LogP contribution in [0.15, 0.2) is 4.99 Å². The lowest BCUT2D eigenvalue weighted by Crippen LogP contribution is -2.36. The number of nitrogens with zero attached hydrogens (tertiary/aromatic N) is 2. The first kappa shape index (κ1) is 14.4. The number of thioether (sulfide) groups is 1. The van der Waals surface area contributed by atoms with Crippen LogP contribution < -0.4 is 5.73 Å². The van der Waals surface area contributed by atoms with Crippen LogP contribution in [0.5, 0.6) is 0 Å². The van der Waals surface area contributed by atoms with Crippen molar-refractivity contribution in [1.29, 1.82) is 0 Å². The van der Waals surface area contributed by atoms with Gasteiger partial charge in [-0.2, -0.15) is 11.8 Å². The number of guanidine groups is 1. The van der Waals surface area contributed by atoms with Crippen LogP contribution in [0.3, 0.4) is 0 Å². The van der Waals surface area contributed by atoms with Gasteiger partial charge in [0, 0.05) is 19.6 Å². The van der Waals surface area contributed by atoms with Gasteiger partial charge in [0.1, 0.15) is 0 Å². The minimum Gasteiger partial charge on any atom is -0.370 e. The molecule has 1 saturated carbocycles. The lowest BCUT2D eigenvalue weighted by atomic mass is 10.1. The highest BCUT2D eigenvalue weighted by molar-refractivity contribution is 14.0. The average molecular weight is 355 g/mol. The molecule has 1 heterocycles. The van der Waals surface area contributed by atoms with Crippen molar-refractivity contribution in [2.75, 3.05) is 25.1 Å². The van der Waals surface area contributed by atoms with Crippen molar-refractivity contribution in [2.24, 2.45) is 16.6 Å². The molecular weight excluding hydrogens is 333 g/mol. The van der Waals surface area contributed by atoms with Gasteiger partial charge in [-0.25, -0.2) is 0 Å². The molecule has 1 aliphatic heterocycles. The van der Waals surface area contributed by atoms with Gasteiger partial charge in [0.15, 0.2) is 5.96 Å². The van der Waals surface area contributed by atoms with Crippen LogP contribution in [0.4, 0.5) is 0 Å². The summed E-state index contributed by atoms with van der Waals surface area (Å²) in [5, 5.41) is 0. The first-order valence-electron chi connectivity index (χ1n) is 5.88. The van der Waals surface area contributed by atoms with E-state index in [-0.39, 0.29) is 24.0 Å². The summed E-state index contributed by atoms with van der Waals surface area (Å²) in [4.78, 5) is 6.65. The highest BCUT2D eigenvalue weighted by Gasteiger charge is 2.27. The third-order valence-electron chi connectivity index (χ3n) is 3.22. The smallest absolute Gasteiger partial charge is 0.191 e. The molecule has 0 radical (unpaired) electrons. The van der Waals surface area contributed by atoms with Crippen molar-refractivity contribution < 1.29 is 0 Å². The van der Waals surface area contributed by atoms with Gasteiger partial charge in [-0.15, -0.1) is 24.0 Å². The zero-order valence-corrected chi connectivity index (χ0v) is 13.0. The summed E-state index contributed by atoms with van der Waals surface area (Å²) in [5.74, 6) is 4.10. The van der Waals surface area contributed by atoms with Crippen molar-refractivity contribution >= 4 is 41.7 Å². The van der Waals surface area contributed by atoms with E-state index in [2.05, 4.69) is 28.7 Å². The predicted molar refractivity (Wildman–Crippen MR) is 82.7 cm³/mol. The average Bonchev–Trinajstić information content (AvgIpc) is 3.10. The fraction of sp³-hybridized carbons (Fsp3) is 0.909. The van der Waals surface area contributed by atoms with Crippen molar-refractivity contribution in [1.82, 2.24) is 4.90 Å². The third-order valence-corrected chi connectivity index (χ3v) is 4.51. The number of nitrogens with two attached hydrogens (primary N) is 1. The van der Waals surface area contributed by atoms with E-state index in [1.54, 1.807) is 0 Å². The van der Waals surface area contributed by atoms with Gasteiger partial charge in [-0.3, -0.25) is 4.99 Å². The summed E-state index contributed by atoms with van der Waals surface area (Å²) in [6.45, 7) is 0.926. The Bertz CT molecular complexity index is 237. The third kappa shape index (κ3) is 4.31. The van der Waals surface area contributed by atoms with E-state index >= 15 is 0 Å². The SMILES string of the molecule is CN(C(N)=NCC1CCCSC1)C1CC1.I. The van der Waals surface area contributed by atoms with Crippen molar-refractivity contribution in [3.8, 4) is 0 Å². The van der Waals surface area contributed by atoms with Gasteiger partial charge >= 0.3 is 0 Å². The minimum atomic E-state index is 0. The Balaban J connectivity index is 0.00000128. The van der Waals surface area contributed by atoms with Crippen molar-refractivity contribution in [3.63, 3.8) is 0 Å². The first-order valence-corrected chi connectivity index (χ1v) is 7.03. The highest BCUT2D eigenvalue weighted by atomic mass is 127. The van der Waals surface area contributed by atoms with Gasteiger partial charge in [-0.05, 0) is 43.1 Å². The molecule has 0 bridgehead atoms. The number of rotatable bonds is 3. The topological polar surface area (TPSA) is 41.6 Å². The standard InChI is InChI=1S/C11H21N3S.HI/c1-14(10-4-5-10)11(12)13-7-9-3-2-6-15-8-9;/h9-10H,2-8H2,1H3,(H2,12,13);1H. The Hall–Kier alpha value is 0.350. The molecule has 5 heteroatoms. The summed E-state index contributed by atoms with van der Waals surface area (Å²) < 4.78 is 0. The largest absolute Gasteiger partial charge is 0.370 e. The predicted octanol–water partition coefficient (Wildman–Crippen LogP) is 2.16. The molecule has 2 fully saturated rings. The number of hydrogen-bond donors (Lipinski definition) is 1. The van der Waals surface area contributed by atoms with Crippen LogP contribution >= 0.6 is 35.7 Å². The Morgan fingerprint density at radius 1 is 1.44 bits per heavy atom. The molecule has 94 valence electrons. The second-order valence-corrected chi connectivity index (χ2v) is 5.77. The van der Waals surface area contributed by atoms with Crippen LogP contribution in [0.1, 0.15) is 25.7 Å². The van der Waals surface area contributed by atoms with Crippen LogP contribution in [-0.4, -0.2) is 42.0 Å². The molecule has 0 aromatic rings. The lowest BCUT2D eigenvalue weighted by Gasteiger charge is -2.21. The van der Waals surface area contributed by atoms with Crippen LogP contribution in [0, 0.1) is 5.92 Å². The van der Waals surface area contributed by atoms with Gasteiger partial charge in [-0.1, -0.05) is 0 Å².